The third kappa shape index (κ3) is 38.4. The topological polar surface area (TPSA) is 140 Å². The summed E-state index contributed by atoms with van der Waals surface area (Å²) in [6.45, 7) is 3.39. The number of ether oxygens (including phenoxy) is 2. The molecule has 1 unspecified atom stereocenters. The third-order valence-corrected chi connectivity index (χ3v) is 8.21. The van der Waals surface area contributed by atoms with Gasteiger partial charge < -0.3 is 24.4 Å². The Morgan fingerprint density at radius 1 is 0.615 bits per heavy atom. The molecule has 296 valence electrons. The van der Waals surface area contributed by atoms with Gasteiger partial charge >= 0.3 is 19.8 Å². The van der Waals surface area contributed by atoms with Gasteiger partial charge in [0, 0.05) is 12.8 Å². The Balaban J connectivity index is 4.17. The fraction of sp³-hybridized carbons (Fsp3) is 0.619. The van der Waals surface area contributed by atoms with Crippen molar-refractivity contribution in [2.75, 3.05) is 13.2 Å². The van der Waals surface area contributed by atoms with Crippen molar-refractivity contribution >= 4 is 19.8 Å². The van der Waals surface area contributed by atoms with Gasteiger partial charge in [-0.2, -0.15) is 0 Å². The Morgan fingerprint density at radius 2 is 1.17 bits per heavy atom. The van der Waals surface area contributed by atoms with E-state index in [4.69, 9.17) is 19.3 Å². The minimum Gasteiger partial charge on any atom is -0.462 e. The van der Waals surface area contributed by atoms with Crippen LogP contribution in [0.1, 0.15) is 142 Å². The van der Waals surface area contributed by atoms with Gasteiger partial charge in [-0.15, -0.1) is 0 Å². The maximum absolute atomic E-state index is 12.4. The van der Waals surface area contributed by atoms with Gasteiger partial charge in [0.15, 0.2) is 6.10 Å². The Kier molecular flexibility index (Phi) is 34.6. The molecule has 0 saturated heterocycles. The van der Waals surface area contributed by atoms with Crippen LogP contribution < -0.4 is 0 Å². The number of aliphatic hydroxyl groups excluding tert-OH is 1. The Hall–Kier alpha value is -2.81. The van der Waals surface area contributed by atoms with Gasteiger partial charge in [0.2, 0.25) is 0 Å². The summed E-state index contributed by atoms with van der Waals surface area (Å²) in [5, 5.41) is 9.97. The maximum Gasteiger partial charge on any atom is 0.469 e. The number of carbonyl (C=O) groups excluding carboxylic acids is 2. The molecular weight excluding hydrogens is 679 g/mol. The predicted molar refractivity (Wildman–Crippen MR) is 213 cm³/mol. The van der Waals surface area contributed by atoms with Crippen LogP contribution in [0.15, 0.2) is 85.1 Å². The Labute approximate surface area is 314 Å². The van der Waals surface area contributed by atoms with Crippen molar-refractivity contribution in [1.82, 2.24) is 0 Å². The van der Waals surface area contributed by atoms with Crippen molar-refractivity contribution in [3.8, 4) is 0 Å². The van der Waals surface area contributed by atoms with E-state index in [0.717, 1.165) is 57.8 Å². The lowest BCUT2D eigenvalue weighted by Gasteiger charge is -2.18. The van der Waals surface area contributed by atoms with E-state index in [2.05, 4.69) is 54.8 Å². The average molecular weight is 749 g/mol. The van der Waals surface area contributed by atoms with Crippen LogP contribution in [-0.2, 0) is 28.2 Å². The van der Waals surface area contributed by atoms with Crippen molar-refractivity contribution in [3.63, 3.8) is 0 Å². The maximum atomic E-state index is 12.4. The van der Waals surface area contributed by atoms with Gasteiger partial charge in [0.05, 0.1) is 12.7 Å². The van der Waals surface area contributed by atoms with Crippen molar-refractivity contribution in [1.29, 1.82) is 0 Å². The molecule has 0 aliphatic rings. The van der Waals surface area contributed by atoms with E-state index in [9.17, 15) is 19.3 Å². The fourth-order valence-corrected chi connectivity index (χ4v) is 5.18. The first-order chi connectivity index (χ1) is 25.2. The molecule has 0 aromatic heterocycles. The van der Waals surface area contributed by atoms with E-state index >= 15 is 0 Å². The highest BCUT2D eigenvalue weighted by Crippen LogP contribution is 2.36. The lowest BCUT2D eigenvalue weighted by Crippen LogP contribution is -2.29. The second-order valence-corrected chi connectivity index (χ2v) is 14.0. The molecule has 3 N–H and O–H groups in total. The molecule has 0 aliphatic carbocycles. The van der Waals surface area contributed by atoms with Crippen LogP contribution in [0.5, 0.6) is 0 Å². The highest BCUT2D eigenvalue weighted by Gasteiger charge is 2.22. The molecule has 10 heteroatoms. The zero-order valence-corrected chi connectivity index (χ0v) is 32.9. The first-order valence-corrected chi connectivity index (χ1v) is 21.0. The number of phosphoric acid groups is 1. The fourth-order valence-electron chi connectivity index (χ4n) is 4.82. The van der Waals surface area contributed by atoms with Crippen LogP contribution >= 0.6 is 7.82 Å². The minimum absolute atomic E-state index is 0.0946. The molecule has 0 bridgehead atoms. The highest BCUT2D eigenvalue weighted by molar-refractivity contribution is 7.46. The quantitative estimate of drug-likeness (QED) is 0.0193. The van der Waals surface area contributed by atoms with E-state index in [1.165, 1.54) is 25.7 Å². The number of rotatable bonds is 34. The second kappa shape index (κ2) is 36.5. The standard InChI is InChI=1S/C42H69O9P/c1-3-5-7-9-11-12-13-14-15-16-17-18-19-23-27-31-35-41(44)49-37-40(38-50-52(46,47)48)51-42(45)36-32-28-24-21-20-22-26-30-34-39(43)33-29-25-10-8-6-4-2/h6,8,11-12,14-15,21-22,24-26,29-30,34,39-40,43H,3-5,7,9-10,13,16-20,23,27-28,31-33,35-38H2,1-2H3,(H2,46,47,48)/b8-6-,12-11-,15-14-,24-21-,26-22-,29-25-,34-30+/t39?,40-/m1/s1. The summed E-state index contributed by atoms with van der Waals surface area (Å²) in [4.78, 5) is 42.7. The van der Waals surface area contributed by atoms with E-state index in [-0.39, 0.29) is 19.4 Å². The Morgan fingerprint density at radius 3 is 1.83 bits per heavy atom. The molecule has 0 radical (unpaired) electrons. The van der Waals surface area contributed by atoms with Crippen LogP contribution in [0.4, 0.5) is 0 Å². The second-order valence-electron chi connectivity index (χ2n) is 12.7. The van der Waals surface area contributed by atoms with Crippen molar-refractivity contribution in [2.45, 2.75) is 154 Å². The molecule has 0 spiro atoms. The van der Waals surface area contributed by atoms with Gasteiger partial charge in [-0.25, -0.2) is 4.57 Å². The number of aliphatic hydroxyl groups is 1. The van der Waals surface area contributed by atoms with E-state index < -0.39 is 38.6 Å². The molecule has 0 aromatic rings. The van der Waals surface area contributed by atoms with Gasteiger partial charge in [-0.3, -0.25) is 14.1 Å². The van der Waals surface area contributed by atoms with Crippen LogP contribution in [0.25, 0.3) is 0 Å². The summed E-state index contributed by atoms with van der Waals surface area (Å²) in [5.41, 5.74) is 0. The van der Waals surface area contributed by atoms with Crippen LogP contribution in [0.2, 0.25) is 0 Å². The van der Waals surface area contributed by atoms with Gasteiger partial charge in [0.1, 0.15) is 6.61 Å². The summed E-state index contributed by atoms with van der Waals surface area (Å²) < 4.78 is 26.2. The Bertz CT molecular complexity index is 1130. The first kappa shape index (κ1) is 49.2. The van der Waals surface area contributed by atoms with Crippen LogP contribution in [0, 0.1) is 0 Å². The molecule has 0 heterocycles. The largest absolute Gasteiger partial charge is 0.469 e. The predicted octanol–water partition coefficient (Wildman–Crippen LogP) is 10.6. The van der Waals surface area contributed by atoms with Crippen molar-refractivity contribution < 1.29 is 43.0 Å². The highest BCUT2D eigenvalue weighted by atomic mass is 31.2. The van der Waals surface area contributed by atoms with Crippen molar-refractivity contribution in [2.24, 2.45) is 0 Å². The molecule has 2 atom stereocenters. The summed E-state index contributed by atoms with van der Waals surface area (Å²) >= 11 is 0. The molecule has 0 fully saturated rings. The lowest BCUT2D eigenvalue weighted by molar-refractivity contribution is -0.161. The number of carbonyl (C=O) groups is 2. The minimum atomic E-state index is -4.79. The first-order valence-electron chi connectivity index (χ1n) is 19.5. The summed E-state index contributed by atoms with van der Waals surface area (Å²) in [7, 11) is -4.79. The summed E-state index contributed by atoms with van der Waals surface area (Å²) in [6, 6.07) is 0. The number of esters is 2. The number of hydrogen-bond donors (Lipinski definition) is 3. The summed E-state index contributed by atoms with van der Waals surface area (Å²) in [5.74, 6) is -1.01. The number of unbranched alkanes of at least 4 members (excludes halogenated alkanes) is 10. The molecule has 9 nitrogen and oxygen atoms in total. The van der Waals surface area contributed by atoms with Gasteiger partial charge in [0.25, 0.3) is 0 Å². The lowest BCUT2D eigenvalue weighted by atomic mass is 10.1. The van der Waals surface area contributed by atoms with E-state index in [1.54, 1.807) is 6.08 Å². The van der Waals surface area contributed by atoms with Crippen molar-refractivity contribution in [3.05, 3.63) is 85.1 Å². The molecule has 0 aliphatic heterocycles. The third-order valence-electron chi connectivity index (χ3n) is 7.73. The molecule has 0 saturated carbocycles. The van der Waals surface area contributed by atoms with Crippen LogP contribution in [-0.4, -0.2) is 52.3 Å². The molecule has 0 amide bonds. The van der Waals surface area contributed by atoms with E-state index in [0.29, 0.717) is 32.1 Å². The number of allylic oxidation sites excluding steroid dienone is 12. The SMILES string of the molecule is CC/C=C\C/C=C\CC(O)/C=C/C=C\C/C=C\CCCC(=O)O[C@H](COC(=O)CCCCCCCC/C=C\C/C=C\CCCCC)COP(=O)(O)O. The van der Waals surface area contributed by atoms with Gasteiger partial charge in [-0.1, -0.05) is 137 Å². The monoisotopic (exact) mass is 748 g/mol. The van der Waals surface area contributed by atoms with E-state index in [1.807, 2.05) is 42.5 Å². The molecule has 0 aromatic carbocycles. The number of hydrogen-bond acceptors (Lipinski definition) is 7. The van der Waals surface area contributed by atoms with Crippen LogP contribution in [0.3, 0.4) is 0 Å². The molecule has 52 heavy (non-hydrogen) atoms. The zero-order chi connectivity index (χ0) is 38.4. The molecule has 0 rings (SSSR count). The smallest absolute Gasteiger partial charge is 0.462 e. The zero-order valence-electron chi connectivity index (χ0n) is 32.0. The summed E-state index contributed by atoms with van der Waals surface area (Å²) in [6.07, 6.45) is 44.8. The average Bonchev–Trinajstić information content (AvgIpc) is 3.11. The van der Waals surface area contributed by atoms with Gasteiger partial charge in [-0.05, 0) is 77.0 Å². The normalized spacial score (nSPS) is 14.0. The molecular formula is C42H69O9P. The number of phosphoric ester groups is 1.